The second kappa shape index (κ2) is 7.33. The van der Waals surface area contributed by atoms with E-state index in [1.165, 1.54) is 12.7 Å². The minimum absolute atomic E-state index is 0.328. The molecule has 1 unspecified atom stereocenters. The second-order valence-corrected chi connectivity index (χ2v) is 6.52. The first kappa shape index (κ1) is 18.1. The van der Waals surface area contributed by atoms with Crippen LogP contribution in [0.25, 0.3) is 0 Å². The van der Waals surface area contributed by atoms with Gasteiger partial charge in [0.15, 0.2) is 0 Å². The van der Waals surface area contributed by atoms with Crippen LogP contribution >= 0.6 is 0 Å². The van der Waals surface area contributed by atoms with Gasteiger partial charge in [-0.05, 0) is 40.2 Å². The fourth-order valence-corrected chi connectivity index (χ4v) is 2.25. The molecule has 0 radical (unpaired) electrons. The zero-order valence-electron chi connectivity index (χ0n) is 14.2. The first-order valence-electron chi connectivity index (χ1n) is 7.27. The van der Waals surface area contributed by atoms with Crippen molar-refractivity contribution in [1.82, 2.24) is 10.2 Å². The van der Waals surface area contributed by atoms with Gasteiger partial charge in [-0.3, -0.25) is 0 Å². The zero-order valence-corrected chi connectivity index (χ0v) is 14.2. The molecule has 0 aliphatic carbocycles. The molecular weight excluding hydrogens is 284 g/mol. The Bertz CT molecular complexity index is 489. The van der Waals surface area contributed by atoms with Crippen molar-refractivity contribution in [3.05, 3.63) is 23.4 Å². The predicted molar refractivity (Wildman–Crippen MR) is 84.3 cm³/mol. The highest BCUT2D eigenvalue weighted by atomic mass is 16.6. The molecule has 1 rings (SSSR count). The van der Waals surface area contributed by atoms with Crippen molar-refractivity contribution in [2.45, 2.75) is 46.3 Å². The Morgan fingerprint density at radius 3 is 2.50 bits per heavy atom. The second-order valence-electron chi connectivity index (χ2n) is 6.52. The van der Waals surface area contributed by atoms with Crippen LogP contribution in [-0.2, 0) is 14.3 Å². The monoisotopic (exact) mass is 310 g/mol. The Kier molecular flexibility index (Phi) is 6.02. The summed E-state index contributed by atoms with van der Waals surface area (Å²) in [5.41, 5.74) is 1.68. The third kappa shape index (κ3) is 6.20. The molecule has 1 N–H and O–H groups in total. The zero-order chi connectivity index (χ0) is 16.9. The minimum Gasteiger partial charge on any atom is -0.467 e. The number of rotatable bonds is 4. The van der Waals surface area contributed by atoms with Crippen molar-refractivity contribution < 1.29 is 19.1 Å². The predicted octanol–water partition coefficient (Wildman–Crippen LogP) is 2.22. The lowest BCUT2D eigenvalue weighted by molar-refractivity contribution is -0.143. The third-order valence-electron chi connectivity index (χ3n) is 2.91. The number of alkyl carbamates (subject to hydrolysis) is 1. The maximum Gasteiger partial charge on any atom is 0.408 e. The lowest BCUT2D eigenvalue weighted by Crippen LogP contribution is -2.49. The van der Waals surface area contributed by atoms with Gasteiger partial charge >= 0.3 is 12.1 Å². The Hall–Kier alpha value is -1.98. The number of esters is 1. The van der Waals surface area contributed by atoms with Crippen LogP contribution in [-0.4, -0.2) is 48.8 Å². The molecule has 0 fully saturated rings. The molecule has 0 bridgehead atoms. The SMILES string of the molecule is COC(=O)C(CN1C=C(C)C=C(C)C1)NC(=O)OC(C)(C)C. The fourth-order valence-electron chi connectivity index (χ4n) is 2.25. The van der Waals surface area contributed by atoms with Crippen LogP contribution in [0, 0.1) is 0 Å². The van der Waals surface area contributed by atoms with E-state index in [1.807, 2.05) is 24.9 Å². The van der Waals surface area contributed by atoms with E-state index in [1.54, 1.807) is 20.8 Å². The number of hydrogen-bond donors (Lipinski definition) is 1. The van der Waals surface area contributed by atoms with Crippen molar-refractivity contribution in [1.29, 1.82) is 0 Å². The van der Waals surface area contributed by atoms with Crippen LogP contribution < -0.4 is 5.32 Å². The summed E-state index contributed by atoms with van der Waals surface area (Å²) in [6, 6.07) is -0.783. The van der Waals surface area contributed by atoms with Crippen molar-refractivity contribution in [3.8, 4) is 0 Å². The van der Waals surface area contributed by atoms with E-state index in [-0.39, 0.29) is 0 Å². The van der Waals surface area contributed by atoms with Crippen molar-refractivity contribution in [3.63, 3.8) is 0 Å². The number of nitrogens with zero attached hydrogens (tertiary/aromatic N) is 1. The van der Waals surface area contributed by atoms with E-state index >= 15 is 0 Å². The molecular formula is C16H26N2O4. The average Bonchev–Trinajstić information content (AvgIpc) is 2.33. The number of nitrogens with one attached hydrogen (secondary N) is 1. The fraction of sp³-hybridized carbons (Fsp3) is 0.625. The van der Waals surface area contributed by atoms with E-state index in [0.717, 1.165) is 5.57 Å². The Balaban J connectivity index is 2.72. The molecule has 1 atom stereocenters. The molecule has 6 heteroatoms. The van der Waals surface area contributed by atoms with Crippen LogP contribution in [0.1, 0.15) is 34.6 Å². The minimum atomic E-state index is -0.783. The summed E-state index contributed by atoms with van der Waals surface area (Å²) in [7, 11) is 1.30. The summed E-state index contributed by atoms with van der Waals surface area (Å²) < 4.78 is 9.96. The number of carbonyl (C=O) groups is 2. The quantitative estimate of drug-likeness (QED) is 0.806. The van der Waals surface area contributed by atoms with Gasteiger partial charge in [0.1, 0.15) is 11.6 Å². The van der Waals surface area contributed by atoms with Gasteiger partial charge in [0.05, 0.1) is 7.11 Å². The number of amides is 1. The van der Waals surface area contributed by atoms with Gasteiger partial charge in [0.2, 0.25) is 0 Å². The van der Waals surface area contributed by atoms with E-state index in [2.05, 4.69) is 11.4 Å². The molecule has 0 saturated carbocycles. The van der Waals surface area contributed by atoms with Crippen LogP contribution in [0.15, 0.2) is 23.4 Å². The summed E-state index contributed by atoms with van der Waals surface area (Å²) in [4.78, 5) is 25.7. The largest absolute Gasteiger partial charge is 0.467 e. The van der Waals surface area contributed by atoms with Crippen LogP contribution in [0.2, 0.25) is 0 Å². The smallest absolute Gasteiger partial charge is 0.408 e. The van der Waals surface area contributed by atoms with Crippen LogP contribution in [0.4, 0.5) is 4.79 Å². The molecule has 1 aliphatic heterocycles. The van der Waals surface area contributed by atoms with Gasteiger partial charge < -0.3 is 19.7 Å². The normalized spacial score (nSPS) is 16.4. The highest BCUT2D eigenvalue weighted by molar-refractivity contribution is 5.81. The van der Waals surface area contributed by atoms with Gasteiger partial charge in [0, 0.05) is 19.3 Å². The van der Waals surface area contributed by atoms with Crippen LogP contribution in [0.3, 0.4) is 0 Å². The molecule has 22 heavy (non-hydrogen) atoms. The molecule has 0 saturated heterocycles. The van der Waals surface area contributed by atoms with Crippen molar-refractivity contribution in [2.24, 2.45) is 0 Å². The molecule has 124 valence electrons. The standard InChI is InChI=1S/C16H26N2O4/c1-11-7-12(2)9-18(8-11)10-13(14(19)21-6)17-15(20)22-16(3,4)5/h7-8,13H,9-10H2,1-6H3,(H,17,20). The van der Waals surface area contributed by atoms with Gasteiger partial charge in [-0.15, -0.1) is 0 Å². The Morgan fingerprint density at radius 2 is 2.00 bits per heavy atom. The molecule has 0 aromatic rings. The maximum absolute atomic E-state index is 11.9. The van der Waals surface area contributed by atoms with Crippen molar-refractivity contribution in [2.75, 3.05) is 20.2 Å². The van der Waals surface area contributed by atoms with Gasteiger partial charge in [-0.1, -0.05) is 11.6 Å². The molecule has 1 heterocycles. The highest BCUT2D eigenvalue weighted by Crippen LogP contribution is 2.13. The molecule has 0 spiro atoms. The third-order valence-corrected chi connectivity index (χ3v) is 2.91. The van der Waals surface area contributed by atoms with Gasteiger partial charge in [-0.2, -0.15) is 0 Å². The summed E-state index contributed by atoms with van der Waals surface area (Å²) in [5, 5.41) is 2.58. The van der Waals surface area contributed by atoms with E-state index in [0.29, 0.717) is 13.1 Å². The van der Waals surface area contributed by atoms with Crippen molar-refractivity contribution >= 4 is 12.1 Å². The first-order valence-corrected chi connectivity index (χ1v) is 7.27. The molecule has 6 nitrogen and oxygen atoms in total. The van der Waals surface area contributed by atoms with E-state index < -0.39 is 23.7 Å². The topological polar surface area (TPSA) is 67.9 Å². The van der Waals surface area contributed by atoms with Crippen LogP contribution in [0.5, 0.6) is 0 Å². The summed E-state index contributed by atoms with van der Waals surface area (Å²) >= 11 is 0. The Morgan fingerprint density at radius 1 is 1.36 bits per heavy atom. The summed E-state index contributed by atoms with van der Waals surface area (Å²) in [6.07, 6.45) is 3.41. The maximum atomic E-state index is 11.9. The number of carbonyl (C=O) groups excluding carboxylic acids is 2. The first-order chi connectivity index (χ1) is 10.1. The number of methoxy groups -OCH3 is 1. The number of allylic oxidation sites excluding steroid dienone is 2. The molecule has 0 aromatic heterocycles. The lowest BCUT2D eigenvalue weighted by atomic mass is 10.1. The molecule has 1 amide bonds. The molecule has 1 aliphatic rings. The number of hydrogen-bond acceptors (Lipinski definition) is 5. The lowest BCUT2D eigenvalue weighted by Gasteiger charge is -2.29. The van der Waals surface area contributed by atoms with Gasteiger partial charge in [-0.25, -0.2) is 9.59 Å². The highest BCUT2D eigenvalue weighted by Gasteiger charge is 2.27. The summed E-state index contributed by atoms with van der Waals surface area (Å²) in [5.74, 6) is -0.496. The van der Waals surface area contributed by atoms with E-state index in [9.17, 15) is 9.59 Å². The summed E-state index contributed by atoms with van der Waals surface area (Å²) in [6.45, 7) is 10.4. The average molecular weight is 310 g/mol. The Labute approximate surface area is 132 Å². The molecule has 0 aromatic carbocycles. The van der Waals surface area contributed by atoms with Gasteiger partial charge in [0.25, 0.3) is 0 Å². The number of ether oxygens (including phenoxy) is 2. The van der Waals surface area contributed by atoms with E-state index in [4.69, 9.17) is 9.47 Å².